The van der Waals surface area contributed by atoms with Crippen molar-refractivity contribution in [2.24, 2.45) is 11.7 Å². The molecule has 3 heteroatoms. The van der Waals surface area contributed by atoms with Crippen LogP contribution in [0.4, 0.5) is 0 Å². The van der Waals surface area contributed by atoms with Gasteiger partial charge in [-0.05, 0) is 36.6 Å². The quantitative estimate of drug-likeness (QED) is 0.896. The molecule has 17 heavy (non-hydrogen) atoms. The van der Waals surface area contributed by atoms with Gasteiger partial charge in [0.2, 0.25) is 0 Å². The van der Waals surface area contributed by atoms with Gasteiger partial charge in [0.15, 0.2) is 0 Å². The van der Waals surface area contributed by atoms with Crippen LogP contribution in [0.1, 0.15) is 25.3 Å². The number of nitrogens with two attached hydrogens (primary N) is 1. The lowest BCUT2D eigenvalue weighted by atomic mass is 9.90. The molecule has 1 fully saturated rings. The summed E-state index contributed by atoms with van der Waals surface area (Å²) in [5.41, 5.74) is 7.42. The highest BCUT2D eigenvalue weighted by Crippen LogP contribution is 2.21. The molecule has 0 aliphatic carbocycles. The Morgan fingerprint density at radius 3 is 3.00 bits per heavy atom. The van der Waals surface area contributed by atoms with Crippen LogP contribution in [0, 0.1) is 5.92 Å². The summed E-state index contributed by atoms with van der Waals surface area (Å²) in [6.45, 7) is 5.44. The molecule has 1 saturated heterocycles. The minimum atomic E-state index is 0.385. The maximum absolute atomic E-state index is 6.12. The zero-order valence-electron chi connectivity index (χ0n) is 10.4. The molecule has 1 aromatic rings. The van der Waals surface area contributed by atoms with Crippen molar-refractivity contribution in [1.82, 2.24) is 4.90 Å². The fraction of sp³-hybridized carbons (Fsp3) is 0.571. The third-order valence-corrected chi connectivity index (χ3v) is 3.93. The molecule has 0 saturated carbocycles. The average Bonchev–Trinajstić information content (AvgIpc) is 2.32. The standard InChI is InChI=1S/C14H21ClN2/c1-2-12-10-17(7-6-14(12)16)9-11-4-3-5-13(15)8-11/h3-5,8,12,14H,2,6-7,9-10,16H2,1H3. The van der Waals surface area contributed by atoms with E-state index in [1.165, 1.54) is 12.0 Å². The Labute approximate surface area is 109 Å². The molecule has 0 spiro atoms. The summed E-state index contributed by atoms with van der Waals surface area (Å²) in [6.07, 6.45) is 2.28. The molecule has 0 radical (unpaired) electrons. The Balaban J connectivity index is 1.95. The molecule has 0 bridgehead atoms. The van der Waals surface area contributed by atoms with Crippen molar-refractivity contribution in [2.45, 2.75) is 32.4 Å². The van der Waals surface area contributed by atoms with Crippen LogP contribution in [0.25, 0.3) is 0 Å². The SMILES string of the molecule is CCC1CN(Cc2cccc(Cl)c2)CCC1N. The highest BCUT2D eigenvalue weighted by atomic mass is 35.5. The van der Waals surface area contributed by atoms with Gasteiger partial charge in [0.25, 0.3) is 0 Å². The van der Waals surface area contributed by atoms with Crippen molar-refractivity contribution in [2.75, 3.05) is 13.1 Å². The maximum atomic E-state index is 6.12. The predicted molar refractivity (Wildman–Crippen MR) is 73.1 cm³/mol. The van der Waals surface area contributed by atoms with Crippen LogP contribution in [-0.4, -0.2) is 24.0 Å². The van der Waals surface area contributed by atoms with Gasteiger partial charge in [0, 0.05) is 24.2 Å². The minimum absolute atomic E-state index is 0.385. The molecule has 0 aromatic heterocycles. The highest BCUT2D eigenvalue weighted by molar-refractivity contribution is 6.30. The van der Waals surface area contributed by atoms with Gasteiger partial charge >= 0.3 is 0 Å². The predicted octanol–water partition coefficient (Wildman–Crippen LogP) is 2.90. The number of rotatable bonds is 3. The van der Waals surface area contributed by atoms with E-state index >= 15 is 0 Å². The summed E-state index contributed by atoms with van der Waals surface area (Å²) in [4.78, 5) is 2.49. The van der Waals surface area contributed by atoms with Gasteiger partial charge in [0.05, 0.1) is 0 Å². The van der Waals surface area contributed by atoms with E-state index < -0.39 is 0 Å². The lowest BCUT2D eigenvalue weighted by molar-refractivity contribution is 0.145. The van der Waals surface area contributed by atoms with Crippen molar-refractivity contribution in [3.8, 4) is 0 Å². The smallest absolute Gasteiger partial charge is 0.0409 e. The van der Waals surface area contributed by atoms with Crippen LogP contribution >= 0.6 is 11.6 Å². The molecular weight excluding hydrogens is 232 g/mol. The van der Waals surface area contributed by atoms with Crippen molar-refractivity contribution in [3.63, 3.8) is 0 Å². The monoisotopic (exact) mass is 252 g/mol. The average molecular weight is 253 g/mol. The third-order valence-electron chi connectivity index (χ3n) is 3.70. The molecule has 2 N–H and O–H groups in total. The van der Waals surface area contributed by atoms with E-state index in [9.17, 15) is 0 Å². The second-order valence-corrected chi connectivity index (χ2v) is 5.42. The third kappa shape index (κ3) is 3.44. The second-order valence-electron chi connectivity index (χ2n) is 4.99. The van der Waals surface area contributed by atoms with E-state index in [4.69, 9.17) is 17.3 Å². The van der Waals surface area contributed by atoms with Gasteiger partial charge in [-0.3, -0.25) is 4.90 Å². The molecule has 1 heterocycles. The van der Waals surface area contributed by atoms with E-state index in [1.54, 1.807) is 0 Å². The van der Waals surface area contributed by atoms with E-state index in [1.807, 2.05) is 12.1 Å². The van der Waals surface area contributed by atoms with Gasteiger partial charge < -0.3 is 5.73 Å². The highest BCUT2D eigenvalue weighted by Gasteiger charge is 2.24. The Bertz CT molecular complexity index is 367. The second kappa shape index (κ2) is 5.85. The van der Waals surface area contributed by atoms with E-state index in [0.717, 1.165) is 31.1 Å². The Morgan fingerprint density at radius 2 is 2.29 bits per heavy atom. The first-order chi connectivity index (χ1) is 8.19. The summed E-state index contributed by atoms with van der Waals surface area (Å²) in [5.74, 6) is 0.642. The van der Waals surface area contributed by atoms with Crippen LogP contribution in [0.5, 0.6) is 0 Å². The van der Waals surface area contributed by atoms with Gasteiger partial charge in [-0.25, -0.2) is 0 Å². The Kier molecular flexibility index (Phi) is 4.43. The number of hydrogen-bond donors (Lipinski definition) is 1. The van der Waals surface area contributed by atoms with E-state index in [2.05, 4.69) is 24.0 Å². The van der Waals surface area contributed by atoms with E-state index in [-0.39, 0.29) is 0 Å². The topological polar surface area (TPSA) is 29.3 Å². The van der Waals surface area contributed by atoms with Crippen LogP contribution in [0.15, 0.2) is 24.3 Å². The fourth-order valence-corrected chi connectivity index (χ4v) is 2.81. The molecule has 1 aliphatic rings. The summed E-state index contributed by atoms with van der Waals surface area (Å²) in [5, 5.41) is 0.822. The molecule has 2 nitrogen and oxygen atoms in total. The Hall–Kier alpha value is -0.570. The number of halogens is 1. The fourth-order valence-electron chi connectivity index (χ4n) is 2.59. The minimum Gasteiger partial charge on any atom is -0.327 e. The number of piperidine rings is 1. The number of benzene rings is 1. The molecular formula is C14H21ClN2. The van der Waals surface area contributed by atoms with Crippen molar-refractivity contribution in [3.05, 3.63) is 34.9 Å². The number of likely N-dealkylation sites (tertiary alicyclic amines) is 1. The summed E-state index contributed by atoms with van der Waals surface area (Å²) in [7, 11) is 0. The van der Waals surface area contributed by atoms with Gasteiger partial charge in [-0.1, -0.05) is 37.1 Å². The normalized spacial score (nSPS) is 26.1. The largest absolute Gasteiger partial charge is 0.327 e. The zero-order chi connectivity index (χ0) is 12.3. The van der Waals surface area contributed by atoms with E-state index in [0.29, 0.717) is 12.0 Å². The first-order valence-corrected chi connectivity index (χ1v) is 6.79. The molecule has 2 atom stereocenters. The molecule has 0 amide bonds. The molecule has 2 rings (SSSR count). The molecule has 2 unspecified atom stereocenters. The van der Waals surface area contributed by atoms with Crippen LogP contribution in [0.2, 0.25) is 5.02 Å². The summed E-state index contributed by atoms with van der Waals surface area (Å²) >= 11 is 6.00. The van der Waals surface area contributed by atoms with Crippen LogP contribution in [0.3, 0.4) is 0 Å². The number of nitrogens with zero attached hydrogens (tertiary/aromatic N) is 1. The van der Waals surface area contributed by atoms with Gasteiger partial charge in [-0.2, -0.15) is 0 Å². The van der Waals surface area contributed by atoms with Crippen LogP contribution < -0.4 is 5.73 Å². The summed E-state index contributed by atoms with van der Waals surface area (Å²) < 4.78 is 0. The lowest BCUT2D eigenvalue weighted by Crippen LogP contribution is -2.46. The van der Waals surface area contributed by atoms with Crippen molar-refractivity contribution in [1.29, 1.82) is 0 Å². The zero-order valence-corrected chi connectivity index (χ0v) is 11.2. The number of hydrogen-bond acceptors (Lipinski definition) is 2. The van der Waals surface area contributed by atoms with Crippen molar-refractivity contribution >= 4 is 11.6 Å². The Morgan fingerprint density at radius 1 is 1.47 bits per heavy atom. The first-order valence-electron chi connectivity index (χ1n) is 6.41. The lowest BCUT2D eigenvalue weighted by Gasteiger charge is -2.36. The van der Waals surface area contributed by atoms with Crippen LogP contribution in [-0.2, 0) is 6.54 Å². The molecule has 1 aromatic carbocycles. The first kappa shape index (κ1) is 12.9. The summed E-state index contributed by atoms with van der Waals surface area (Å²) in [6, 6.07) is 8.52. The maximum Gasteiger partial charge on any atom is 0.0409 e. The van der Waals surface area contributed by atoms with Gasteiger partial charge in [0.1, 0.15) is 0 Å². The van der Waals surface area contributed by atoms with Gasteiger partial charge in [-0.15, -0.1) is 0 Å². The van der Waals surface area contributed by atoms with Crippen molar-refractivity contribution < 1.29 is 0 Å². The molecule has 1 aliphatic heterocycles. The molecule has 94 valence electrons.